The lowest BCUT2D eigenvalue weighted by atomic mass is 10.2. The minimum absolute atomic E-state index is 0.00557. The molecule has 0 radical (unpaired) electrons. The van der Waals surface area contributed by atoms with Gasteiger partial charge >= 0.3 is 0 Å². The van der Waals surface area contributed by atoms with Crippen LogP contribution in [0.25, 0.3) is 0 Å². The summed E-state index contributed by atoms with van der Waals surface area (Å²) in [5, 5.41) is 0.448. The van der Waals surface area contributed by atoms with Crippen molar-refractivity contribution in [3.8, 4) is 0 Å². The number of halogens is 1. The van der Waals surface area contributed by atoms with E-state index in [2.05, 4.69) is 4.89 Å². The third-order valence-corrected chi connectivity index (χ3v) is 4.36. The normalized spacial score (nSPS) is 17.2. The van der Waals surface area contributed by atoms with Crippen LogP contribution >= 0.6 is 11.6 Å². The van der Waals surface area contributed by atoms with Gasteiger partial charge in [-0.15, -0.1) is 0 Å². The fraction of sp³-hybridized carbons (Fsp3) is 0.500. The first-order valence-corrected chi connectivity index (χ1v) is 7.98. The molecule has 1 fully saturated rings. The van der Waals surface area contributed by atoms with E-state index in [1.54, 1.807) is 24.3 Å². The Kier molecular flexibility index (Phi) is 4.61. The second-order valence-corrected chi connectivity index (χ2v) is 6.55. The van der Waals surface area contributed by atoms with E-state index < -0.39 is 10.0 Å². The maximum Gasteiger partial charge on any atom is 0.237 e. The first-order chi connectivity index (χ1) is 8.57. The number of rotatable bonds is 5. The van der Waals surface area contributed by atoms with E-state index in [0.29, 0.717) is 10.6 Å². The highest BCUT2D eigenvalue weighted by atomic mass is 35.5. The van der Waals surface area contributed by atoms with Crippen LogP contribution < -0.4 is 4.89 Å². The molecule has 0 amide bonds. The number of benzene rings is 1. The van der Waals surface area contributed by atoms with Crippen molar-refractivity contribution in [3.05, 3.63) is 34.9 Å². The molecule has 18 heavy (non-hydrogen) atoms. The van der Waals surface area contributed by atoms with Crippen molar-refractivity contribution >= 4 is 21.6 Å². The summed E-state index contributed by atoms with van der Waals surface area (Å²) < 4.78 is 23.6. The summed E-state index contributed by atoms with van der Waals surface area (Å²) in [6.07, 6.45) is 4.02. The lowest BCUT2D eigenvalue weighted by Gasteiger charge is -2.12. The zero-order chi connectivity index (χ0) is 13.0. The molecule has 0 unspecified atom stereocenters. The second kappa shape index (κ2) is 6.02. The first-order valence-electron chi connectivity index (χ1n) is 5.95. The van der Waals surface area contributed by atoms with Crippen LogP contribution in [-0.4, -0.2) is 14.5 Å². The third kappa shape index (κ3) is 3.95. The van der Waals surface area contributed by atoms with Gasteiger partial charge in [0, 0.05) is 5.02 Å². The Labute approximate surface area is 112 Å². The maximum atomic E-state index is 11.8. The van der Waals surface area contributed by atoms with Crippen LogP contribution in [-0.2, 0) is 20.6 Å². The summed E-state index contributed by atoms with van der Waals surface area (Å²) in [5.74, 6) is -0.167. The molecule has 2 rings (SSSR count). The Morgan fingerprint density at radius 3 is 2.61 bits per heavy atom. The minimum atomic E-state index is -3.50. The highest BCUT2D eigenvalue weighted by Gasteiger charge is 2.20. The van der Waals surface area contributed by atoms with E-state index in [0.717, 1.165) is 25.7 Å². The zero-order valence-corrected chi connectivity index (χ0v) is 11.5. The molecule has 0 saturated heterocycles. The summed E-state index contributed by atoms with van der Waals surface area (Å²) in [4.78, 5) is 7.39. The van der Waals surface area contributed by atoms with Crippen molar-refractivity contribution < 1.29 is 13.3 Å². The Bertz CT molecular complexity index is 498. The fourth-order valence-corrected chi connectivity index (χ4v) is 3.28. The van der Waals surface area contributed by atoms with Gasteiger partial charge in [-0.05, 0) is 24.5 Å². The Morgan fingerprint density at radius 2 is 1.94 bits per heavy atom. The van der Waals surface area contributed by atoms with E-state index in [9.17, 15) is 8.42 Å². The molecule has 0 aliphatic heterocycles. The van der Waals surface area contributed by atoms with Crippen LogP contribution in [0.5, 0.6) is 0 Å². The highest BCUT2D eigenvalue weighted by Crippen LogP contribution is 2.21. The standard InChI is InChI=1S/C12H16ClNO3S/c13-12-8-4-1-5-10(12)9-18(15,16)14-17-11-6-2-3-7-11/h1,4-5,8,11,14H,2-3,6-7,9H2. The molecule has 0 bridgehead atoms. The van der Waals surface area contributed by atoms with Crippen LogP contribution in [0, 0.1) is 0 Å². The summed E-state index contributed by atoms with van der Waals surface area (Å²) in [6.45, 7) is 0. The summed E-state index contributed by atoms with van der Waals surface area (Å²) >= 11 is 5.92. The van der Waals surface area contributed by atoms with Gasteiger partial charge < -0.3 is 0 Å². The number of hydrogen-bond acceptors (Lipinski definition) is 3. The smallest absolute Gasteiger partial charge is 0.237 e. The van der Waals surface area contributed by atoms with Crippen molar-refractivity contribution in [3.63, 3.8) is 0 Å². The third-order valence-electron chi connectivity index (χ3n) is 2.95. The van der Waals surface area contributed by atoms with Crippen LogP contribution in [0.4, 0.5) is 0 Å². The van der Waals surface area contributed by atoms with Gasteiger partial charge in [0.1, 0.15) is 0 Å². The molecule has 1 aliphatic rings. The van der Waals surface area contributed by atoms with Crippen molar-refractivity contribution in [2.75, 3.05) is 0 Å². The van der Waals surface area contributed by atoms with Gasteiger partial charge in [-0.1, -0.05) is 47.5 Å². The van der Waals surface area contributed by atoms with Crippen molar-refractivity contribution in [1.82, 2.24) is 4.89 Å². The van der Waals surface area contributed by atoms with Gasteiger partial charge in [0.05, 0.1) is 11.9 Å². The van der Waals surface area contributed by atoms with E-state index in [1.165, 1.54) is 0 Å². The number of sulfonamides is 1. The van der Waals surface area contributed by atoms with Gasteiger partial charge in [0.2, 0.25) is 10.0 Å². The molecule has 0 heterocycles. The predicted octanol–water partition coefficient (Wildman–Crippen LogP) is 2.63. The summed E-state index contributed by atoms with van der Waals surface area (Å²) in [7, 11) is -3.50. The number of hydrogen-bond donors (Lipinski definition) is 1. The maximum absolute atomic E-state index is 11.8. The predicted molar refractivity (Wildman–Crippen MR) is 70.6 cm³/mol. The van der Waals surface area contributed by atoms with Gasteiger partial charge in [0.15, 0.2) is 0 Å². The second-order valence-electron chi connectivity index (χ2n) is 4.46. The lowest BCUT2D eigenvalue weighted by Crippen LogP contribution is -2.29. The van der Waals surface area contributed by atoms with E-state index in [-0.39, 0.29) is 11.9 Å². The van der Waals surface area contributed by atoms with Crippen LogP contribution in [0.3, 0.4) is 0 Å². The molecular formula is C12H16ClNO3S. The molecule has 0 aromatic heterocycles. The van der Waals surface area contributed by atoms with Crippen molar-refractivity contribution in [2.24, 2.45) is 0 Å². The Morgan fingerprint density at radius 1 is 1.28 bits per heavy atom. The van der Waals surface area contributed by atoms with Gasteiger partial charge in [-0.3, -0.25) is 4.84 Å². The quantitative estimate of drug-likeness (QED) is 0.848. The van der Waals surface area contributed by atoms with Gasteiger partial charge in [0.25, 0.3) is 0 Å². The van der Waals surface area contributed by atoms with Gasteiger partial charge in [-0.25, -0.2) is 8.42 Å². The van der Waals surface area contributed by atoms with E-state index in [4.69, 9.17) is 16.4 Å². The highest BCUT2D eigenvalue weighted by molar-refractivity contribution is 7.88. The molecule has 1 aromatic rings. The van der Waals surface area contributed by atoms with Gasteiger partial charge in [-0.2, -0.15) is 0 Å². The molecule has 0 spiro atoms. The lowest BCUT2D eigenvalue weighted by molar-refractivity contribution is 0.0222. The topological polar surface area (TPSA) is 55.4 Å². The Balaban J connectivity index is 1.92. The Hall–Kier alpha value is -0.620. The average molecular weight is 290 g/mol. The monoisotopic (exact) mass is 289 g/mol. The summed E-state index contributed by atoms with van der Waals surface area (Å²) in [5.41, 5.74) is 0.571. The molecule has 1 N–H and O–H groups in total. The summed E-state index contributed by atoms with van der Waals surface area (Å²) in [6, 6.07) is 6.89. The average Bonchev–Trinajstić information content (AvgIpc) is 2.83. The van der Waals surface area contributed by atoms with Crippen LogP contribution in [0.1, 0.15) is 31.2 Å². The molecule has 100 valence electrons. The van der Waals surface area contributed by atoms with E-state index >= 15 is 0 Å². The van der Waals surface area contributed by atoms with Crippen LogP contribution in [0.2, 0.25) is 5.02 Å². The van der Waals surface area contributed by atoms with Crippen molar-refractivity contribution in [1.29, 1.82) is 0 Å². The zero-order valence-electron chi connectivity index (χ0n) is 9.93. The molecule has 4 nitrogen and oxygen atoms in total. The first kappa shape index (κ1) is 13.8. The molecule has 1 aromatic carbocycles. The molecular weight excluding hydrogens is 274 g/mol. The fourth-order valence-electron chi connectivity index (χ4n) is 2.00. The van der Waals surface area contributed by atoms with Crippen molar-refractivity contribution in [2.45, 2.75) is 37.5 Å². The SMILES string of the molecule is O=S(=O)(Cc1ccccc1Cl)NOC1CCCC1. The van der Waals surface area contributed by atoms with Crippen LogP contribution in [0.15, 0.2) is 24.3 Å². The number of nitrogens with one attached hydrogen (secondary N) is 1. The minimum Gasteiger partial charge on any atom is -0.284 e. The molecule has 0 atom stereocenters. The molecule has 1 saturated carbocycles. The molecule has 6 heteroatoms. The van der Waals surface area contributed by atoms with E-state index in [1.807, 2.05) is 0 Å². The molecule has 1 aliphatic carbocycles. The largest absolute Gasteiger partial charge is 0.284 e.